The Balaban J connectivity index is 1.99. The van der Waals surface area contributed by atoms with Crippen LogP contribution in [0, 0.1) is 5.92 Å². The van der Waals surface area contributed by atoms with Gasteiger partial charge in [0.05, 0.1) is 11.6 Å². The zero-order valence-corrected chi connectivity index (χ0v) is 11.1. The number of hydrogen-bond acceptors (Lipinski definition) is 2. The molecule has 1 atom stereocenters. The third-order valence-electron chi connectivity index (χ3n) is 3.57. The summed E-state index contributed by atoms with van der Waals surface area (Å²) < 4.78 is 0. The van der Waals surface area contributed by atoms with E-state index in [0.29, 0.717) is 23.2 Å². The Morgan fingerprint density at radius 3 is 2.71 bits per heavy atom. The van der Waals surface area contributed by atoms with Crippen LogP contribution in [0.3, 0.4) is 0 Å². The third kappa shape index (κ3) is 3.08. The number of nitrogens with zero attached hydrogens (tertiary/aromatic N) is 1. The summed E-state index contributed by atoms with van der Waals surface area (Å²) in [5.74, 6) is 0.879. The Morgan fingerprint density at radius 1 is 1.47 bits per heavy atom. The Kier molecular flexibility index (Phi) is 3.85. The highest BCUT2D eigenvalue weighted by atomic mass is 35.5. The fourth-order valence-corrected chi connectivity index (χ4v) is 2.32. The minimum absolute atomic E-state index is 0.102. The van der Waals surface area contributed by atoms with Gasteiger partial charge in [0.15, 0.2) is 5.78 Å². The molecule has 1 aliphatic rings. The molecule has 1 unspecified atom stereocenters. The van der Waals surface area contributed by atoms with Gasteiger partial charge in [-0.15, -0.1) is 0 Å². The molecule has 17 heavy (non-hydrogen) atoms. The number of ketones is 1. The van der Waals surface area contributed by atoms with Crippen LogP contribution in [0.1, 0.15) is 30.1 Å². The van der Waals surface area contributed by atoms with Gasteiger partial charge in [0.25, 0.3) is 0 Å². The molecule has 2 rings (SSSR count). The van der Waals surface area contributed by atoms with Crippen LogP contribution in [0.4, 0.5) is 0 Å². The molecule has 0 radical (unpaired) electrons. The van der Waals surface area contributed by atoms with E-state index in [2.05, 4.69) is 11.8 Å². The highest BCUT2D eigenvalue weighted by Crippen LogP contribution is 2.34. The molecular weight excluding hydrogens is 234 g/mol. The second-order valence-corrected chi connectivity index (χ2v) is 5.30. The van der Waals surface area contributed by atoms with Gasteiger partial charge < -0.3 is 0 Å². The van der Waals surface area contributed by atoms with Gasteiger partial charge in [-0.1, -0.05) is 23.7 Å². The number of hydrogen-bond donors (Lipinski definition) is 0. The molecule has 1 aromatic rings. The summed E-state index contributed by atoms with van der Waals surface area (Å²) >= 11 is 6.02. The number of Topliss-reactive ketones (excluding diaryl/α,β-unsaturated/α-hetero) is 1. The van der Waals surface area contributed by atoms with Crippen molar-refractivity contribution < 1.29 is 4.79 Å². The van der Waals surface area contributed by atoms with E-state index < -0.39 is 0 Å². The van der Waals surface area contributed by atoms with Crippen molar-refractivity contribution in [3.63, 3.8) is 0 Å². The van der Waals surface area contributed by atoms with Crippen LogP contribution in [-0.4, -0.2) is 30.3 Å². The molecule has 1 aliphatic carbocycles. The summed E-state index contributed by atoms with van der Waals surface area (Å²) in [5, 5.41) is 0.546. The minimum Gasteiger partial charge on any atom is -0.296 e. The van der Waals surface area contributed by atoms with E-state index in [-0.39, 0.29) is 5.78 Å². The highest BCUT2D eigenvalue weighted by Gasteiger charge is 2.31. The molecule has 0 bridgehead atoms. The van der Waals surface area contributed by atoms with Crippen molar-refractivity contribution in [1.29, 1.82) is 0 Å². The fourth-order valence-electron chi connectivity index (χ4n) is 2.08. The van der Waals surface area contributed by atoms with Gasteiger partial charge in [-0.2, -0.15) is 0 Å². The predicted molar refractivity (Wildman–Crippen MR) is 70.6 cm³/mol. The molecule has 0 amide bonds. The molecule has 0 aliphatic heterocycles. The Morgan fingerprint density at radius 2 is 2.12 bits per heavy atom. The first-order chi connectivity index (χ1) is 8.09. The van der Waals surface area contributed by atoms with Crippen molar-refractivity contribution in [1.82, 2.24) is 4.90 Å². The van der Waals surface area contributed by atoms with E-state index in [1.54, 1.807) is 12.1 Å². The molecule has 0 heterocycles. The van der Waals surface area contributed by atoms with Crippen molar-refractivity contribution in [2.75, 3.05) is 13.6 Å². The lowest BCUT2D eigenvalue weighted by atomic mass is 10.1. The smallest absolute Gasteiger partial charge is 0.178 e. The van der Waals surface area contributed by atoms with Gasteiger partial charge in [0, 0.05) is 11.6 Å². The summed E-state index contributed by atoms with van der Waals surface area (Å²) in [5.41, 5.74) is 0.629. The first-order valence-corrected chi connectivity index (χ1v) is 6.45. The second-order valence-electron chi connectivity index (χ2n) is 4.90. The lowest BCUT2D eigenvalue weighted by molar-refractivity contribution is 0.0917. The number of halogens is 1. The molecule has 1 saturated carbocycles. The van der Waals surface area contributed by atoms with E-state index in [4.69, 9.17) is 11.6 Å². The van der Waals surface area contributed by atoms with Crippen LogP contribution in [0.5, 0.6) is 0 Å². The number of carbonyl (C=O) groups excluding carboxylic acids is 1. The number of likely N-dealkylation sites (N-methyl/N-ethyl adjacent to an activating group) is 1. The first kappa shape index (κ1) is 12.6. The van der Waals surface area contributed by atoms with Crippen LogP contribution in [0.2, 0.25) is 5.02 Å². The van der Waals surface area contributed by atoms with E-state index in [9.17, 15) is 4.79 Å². The molecule has 3 heteroatoms. The SMILES string of the molecule is CC(C1CC1)N(C)CC(=O)c1ccccc1Cl. The van der Waals surface area contributed by atoms with E-state index in [1.165, 1.54) is 12.8 Å². The molecular formula is C14H18ClNO. The van der Waals surface area contributed by atoms with Gasteiger partial charge in [0.1, 0.15) is 0 Å². The van der Waals surface area contributed by atoms with E-state index in [0.717, 1.165) is 5.92 Å². The Hall–Kier alpha value is -0.860. The maximum absolute atomic E-state index is 12.1. The number of rotatable bonds is 5. The second kappa shape index (κ2) is 5.19. The van der Waals surface area contributed by atoms with Crippen LogP contribution in [0.15, 0.2) is 24.3 Å². The molecule has 1 fully saturated rings. The maximum Gasteiger partial charge on any atom is 0.178 e. The molecule has 0 saturated heterocycles. The van der Waals surface area contributed by atoms with Gasteiger partial charge in [-0.05, 0) is 44.9 Å². The third-order valence-corrected chi connectivity index (χ3v) is 3.90. The molecule has 0 aromatic heterocycles. The highest BCUT2D eigenvalue weighted by molar-refractivity contribution is 6.34. The Bertz CT molecular complexity index is 414. The van der Waals surface area contributed by atoms with Gasteiger partial charge in [0.2, 0.25) is 0 Å². The van der Waals surface area contributed by atoms with Crippen LogP contribution < -0.4 is 0 Å². The summed E-state index contributed by atoms with van der Waals surface area (Å²) in [4.78, 5) is 14.2. The van der Waals surface area contributed by atoms with Crippen LogP contribution in [0.25, 0.3) is 0 Å². The average Bonchev–Trinajstić information content (AvgIpc) is 3.12. The summed E-state index contributed by atoms with van der Waals surface area (Å²) in [7, 11) is 2.01. The molecule has 0 N–H and O–H groups in total. The monoisotopic (exact) mass is 251 g/mol. The summed E-state index contributed by atoms with van der Waals surface area (Å²) in [6, 6.07) is 7.74. The molecule has 2 nitrogen and oxygen atoms in total. The first-order valence-electron chi connectivity index (χ1n) is 6.07. The van der Waals surface area contributed by atoms with Crippen LogP contribution in [-0.2, 0) is 0 Å². The van der Waals surface area contributed by atoms with Crippen molar-refractivity contribution in [2.45, 2.75) is 25.8 Å². The lowest BCUT2D eigenvalue weighted by Crippen LogP contribution is -2.35. The van der Waals surface area contributed by atoms with Gasteiger partial charge >= 0.3 is 0 Å². The Labute approximate surface area is 108 Å². The summed E-state index contributed by atoms with van der Waals surface area (Å²) in [6.45, 7) is 2.64. The van der Waals surface area contributed by atoms with Crippen LogP contribution >= 0.6 is 11.6 Å². The maximum atomic E-state index is 12.1. The number of benzene rings is 1. The topological polar surface area (TPSA) is 20.3 Å². The van der Waals surface area contributed by atoms with Gasteiger partial charge in [-0.3, -0.25) is 9.69 Å². The molecule has 92 valence electrons. The minimum atomic E-state index is 0.102. The van der Waals surface area contributed by atoms with Crippen molar-refractivity contribution in [3.05, 3.63) is 34.9 Å². The van der Waals surface area contributed by atoms with E-state index >= 15 is 0 Å². The van der Waals surface area contributed by atoms with Crippen molar-refractivity contribution in [2.24, 2.45) is 5.92 Å². The zero-order chi connectivity index (χ0) is 12.4. The quantitative estimate of drug-likeness (QED) is 0.749. The van der Waals surface area contributed by atoms with E-state index in [1.807, 2.05) is 19.2 Å². The summed E-state index contributed by atoms with van der Waals surface area (Å²) in [6.07, 6.45) is 2.59. The average molecular weight is 252 g/mol. The number of carbonyl (C=O) groups is 1. The van der Waals surface area contributed by atoms with Crippen molar-refractivity contribution in [3.8, 4) is 0 Å². The lowest BCUT2D eigenvalue weighted by Gasteiger charge is -2.23. The molecule has 1 aromatic carbocycles. The van der Waals surface area contributed by atoms with Crippen molar-refractivity contribution >= 4 is 17.4 Å². The zero-order valence-electron chi connectivity index (χ0n) is 10.3. The fraction of sp³-hybridized carbons (Fsp3) is 0.500. The standard InChI is InChI=1S/C14H18ClNO/c1-10(11-7-8-11)16(2)9-14(17)12-5-3-4-6-13(12)15/h3-6,10-11H,7-9H2,1-2H3. The van der Waals surface area contributed by atoms with Gasteiger partial charge in [-0.25, -0.2) is 0 Å². The molecule has 0 spiro atoms. The normalized spacial score (nSPS) is 17.2. The predicted octanol–water partition coefficient (Wildman–Crippen LogP) is 3.25. The largest absolute Gasteiger partial charge is 0.296 e.